The zero-order chi connectivity index (χ0) is 14.4. The number of nitrogen functional groups attached to an aromatic ring is 1. The van der Waals surface area contributed by atoms with E-state index in [0.717, 1.165) is 4.47 Å². The highest BCUT2D eigenvalue weighted by atomic mass is 79.9. The van der Waals surface area contributed by atoms with E-state index in [1.165, 1.54) is 0 Å². The third-order valence-corrected chi connectivity index (χ3v) is 3.04. The molecule has 1 aromatic carbocycles. The summed E-state index contributed by atoms with van der Waals surface area (Å²) in [4.78, 5) is 8.47. The number of hydrazine groups is 1. The van der Waals surface area contributed by atoms with Crippen molar-refractivity contribution in [1.82, 2.24) is 9.97 Å². The summed E-state index contributed by atoms with van der Waals surface area (Å²) < 4.78 is 11.9. The van der Waals surface area contributed by atoms with Crippen LogP contribution >= 0.6 is 15.9 Å². The quantitative estimate of drug-likeness (QED) is 0.622. The first-order valence-electron chi connectivity index (χ1n) is 6.07. The number of hydrogen-bond acceptors (Lipinski definition) is 6. The zero-order valence-corrected chi connectivity index (χ0v) is 12.6. The predicted molar refractivity (Wildman–Crippen MR) is 79.4 cm³/mol. The molecule has 0 bridgehead atoms. The summed E-state index contributed by atoms with van der Waals surface area (Å²) in [5.74, 6) is 7.43. The number of hydrogen-bond donors (Lipinski definition) is 2. The van der Waals surface area contributed by atoms with Crippen LogP contribution in [0.4, 0.5) is 5.82 Å². The molecule has 0 fully saturated rings. The molecule has 7 heteroatoms. The van der Waals surface area contributed by atoms with Crippen molar-refractivity contribution in [2.75, 3.05) is 12.0 Å². The predicted octanol–water partition coefficient (Wildman–Crippen LogP) is 2.85. The number of ether oxygens (including phenoxy) is 2. The number of para-hydroxylation sites is 1. The van der Waals surface area contributed by atoms with Gasteiger partial charge in [0, 0.05) is 12.7 Å². The van der Waals surface area contributed by atoms with Gasteiger partial charge in [-0.2, -0.15) is 4.98 Å². The SMILES string of the molecule is CCOCc1nc(NN)cc(Oc2ccccc2Br)n1. The molecule has 0 saturated heterocycles. The Labute approximate surface area is 125 Å². The minimum atomic E-state index is 0.304. The second-order valence-electron chi connectivity index (χ2n) is 3.82. The normalized spacial score (nSPS) is 10.3. The molecule has 106 valence electrons. The van der Waals surface area contributed by atoms with Crippen LogP contribution in [0, 0.1) is 0 Å². The third kappa shape index (κ3) is 3.89. The molecule has 0 spiro atoms. The summed E-state index contributed by atoms with van der Waals surface area (Å²) in [6.45, 7) is 2.80. The van der Waals surface area contributed by atoms with Crippen molar-refractivity contribution in [3.05, 3.63) is 40.6 Å². The molecule has 2 rings (SSSR count). The molecule has 0 aliphatic heterocycles. The molecule has 3 N–H and O–H groups in total. The highest BCUT2D eigenvalue weighted by Gasteiger charge is 2.08. The second-order valence-corrected chi connectivity index (χ2v) is 4.68. The van der Waals surface area contributed by atoms with Gasteiger partial charge in [-0.15, -0.1) is 0 Å². The first-order valence-corrected chi connectivity index (χ1v) is 6.87. The first kappa shape index (κ1) is 14.7. The fourth-order valence-electron chi connectivity index (χ4n) is 1.50. The largest absolute Gasteiger partial charge is 0.438 e. The number of nitrogens with zero attached hydrogens (tertiary/aromatic N) is 2. The zero-order valence-electron chi connectivity index (χ0n) is 11.0. The average molecular weight is 339 g/mol. The highest BCUT2D eigenvalue weighted by molar-refractivity contribution is 9.10. The Morgan fingerprint density at radius 3 is 2.80 bits per heavy atom. The number of rotatable bonds is 6. The molecule has 2 aromatic rings. The lowest BCUT2D eigenvalue weighted by atomic mass is 10.3. The fraction of sp³-hybridized carbons (Fsp3) is 0.231. The second kappa shape index (κ2) is 7.18. The van der Waals surface area contributed by atoms with E-state index in [4.69, 9.17) is 15.3 Å². The number of nitrogens with one attached hydrogen (secondary N) is 1. The molecule has 6 nitrogen and oxygen atoms in total. The maximum absolute atomic E-state index is 5.72. The van der Waals surface area contributed by atoms with Crippen LogP contribution in [0.5, 0.6) is 11.6 Å². The monoisotopic (exact) mass is 338 g/mol. The number of halogens is 1. The Hall–Kier alpha value is -1.70. The molecule has 0 aliphatic carbocycles. The summed E-state index contributed by atoms with van der Waals surface area (Å²) in [6.07, 6.45) is 0. The van der Waals surface area contributed by atoms with Crippen molar-refractivity contribution < 1.29 is 9.47 Å². The van der Waals surface area contributed by atoms with Crippen LogP contribution in [0.25, 0.3) is 0 Å². The van der Waals surface area contributed by atoms with Crippen LogP contribution in [0.2, 0.25) is 0 Å². The molecule has 1 aromatic heterocycles. The highest BCUT2D eigenvalue weighted by Crippen LogP contribution is 2.28. The molecular weight excluding hydrogens is 324 g/mol. The van der Waals surface area contributed by atoms with E-state index in [1.54, 1.807) is 6.07 Å². The average Bonchev–Trinajstić information content (AvgIpc) is 2.47. The Balaban J connectivity index is 2.24. The van der Waals surface area contributed by atoms with Gasteiger partial charge in [-0.1, -0.05) is 12.1 Å². The van der Waals surface area contributed by atoms with Crippen molar-refractivity contribution >= 4 is 21.7 Å². The van der Waals surface area contributed by atoms with Crippen molar-refractivity contribution in [2.24, 2.45) is 5.84 Å². The lowest BCUT2D eigenvalue weighted by Gasteiger charge is -2.10. The third-order valence-electron chi connectivity index (χ3n) is 2.38. The molecule has 1 heterocycles. The van der Waals surface area contributed by atoms with E-state index in [1.807, 2.05) is 31.2 Å². The fourth-order valence-corrected chi connectivity index (χ4v) is 1.86. The maximum Gasteiger partial charge on any atom is 0.224 e. The molecule has 0 radical (unpaired) electrons. The summed E-state index contributed by atoms with van der Waals surface area (Å²) in [5, 5.41) is 0. The van der Waals surface area contributed by atoms with Crippen LogP contribution in [0.15, 0.2) is 34.8 Å². The smallest absolute Gasteiger partial charge is 0.224 e. The minimum Gasteiger partial charge on any atom is -0.438 e. The summed E-state index contributed by atoms with van der Waals surface area (Å²) >= 11 is 3.42. The lowest BCUT2D eigenvalue weighted by molar-refractivity contribution is 0.128. The maximum atomic E-state index is 5.72. The Morgan fingerprint density at radius 1 is 1.30 bits per heavy atom. The molecular formula is C13H15BrN4O2. The van der Waals surface area contributed by atoms with Crippen LogP contribution in [0.1, 0.15) is 12.7 Å². The van der Waals surface area contributed by atoms with Gasteiger partial charge in [-0.05, 0) is 35.0 Å². The van der Waals surface area contributed by atoms with E-state index in [9.17, 15) is 0 Å². The van der Waals surface area contributed by atoms with Gasteiger partial charge in [0.2, 0.25) is 5.88 Å². The van der Waals surface area contributed by atoms with Crippen molar-refractivity contribution in [2.45, 2.75) is 13.5 Å². The lowest BCUT2D eigenvalue weighted by Crippen LogP contribution is -2.11. The van der Waals surface area contributed by atoms with Crippen molar-refractivity contribution in [3.63, 3.8) is 0 Å². The van der Waals surface area contributed by atoms with Gasteiger partial charge in [-0.25, -0.2) is 10.8 Å². The van der Waals surface area contributed by atoms with Gasteiger partial charge >= 0.3 is 0 Å². The van der Waals surface area contributed by atoms with E-state index < -0.39 is 0 Å². The number of anilines is 1. The summed E-state index contributed by atoms with van der Waals surface area (Å²) in [6, 6.07) is 9.13. The Kier molecular flexibility index (Phi) is 5.28. The Morgan fingerprint density at radius 2 is 2.10 bits per heavy atom. The molecule has 20 heavy (non-hydrogen) atoms. The summed E-state index contributed by atoms with van der Waals surface area (Å²) in [7, 11) is 0. The Bertz CT molecular complexity index is 580. The van der Waals surface area contributed by atoms with E-state index in [2.05, 4.69) is 31.3 Å². The van der Waals surface area contributed by atoms with Crippen molar-refractivity contribution in [1.29, 1.82) is 0 Å². The first-order chi connectivity index (χ1) is 9.72. The van der Waals surface area contributed by atoms with E-state index >= 15 is 0 Å². The number of benzene rings is 1. The molecule has 0 atom stereocenters. The van der Waals surface area contributed by atoms with Gasteiger partial charge in [-0.3, -0.25) is 0 Å². The number of aromatic nitrogens is 2. The summed E-state index contributed by atoms with van der Waals surface area (Å²) in [5.41, 5.74) is 2.49. The number of nitrogens with two attached hydrogens (primary N) is 1. The standard InChI is InChI=1S/C13H15BrN4O2/c1-2-19-8-12-16-11(18-15)7-13(17-12)20-10-6-4-3-5-9(10)14/h3-7H,2,8,15H2,1H3,(H,16,17,18). The molecule has 0 amide bonds. The topological polar surface area (TPSA) is 82.3 Å². The van der Waals surface area contributed by atoms with Gasteiger partial charge < -0.3 is 14.9 Å². The van der Waals surface area contributed by atoms with Gasteiger partial charge in [0.15, 0.2) is 5.82 Å². The van der Waals surface area contributed by atoms with Crippen LogP contribution in [-0.2, 0) is 11.3 Å². The van der Waals surface area contributed by atoms with Gasteiger partial charge in [0.1, 0.15) is 18.2 Å². The van der Waals surface area contributed by atoms with Crippen LogP contribution in [-0.4, -0.2) is 16.6 Å². The van der Waals surface area contributed by atoms with Gasteiger partial charge in [0.25, 0.3) is 0 Å². The molecule has 0 saturated carbocycles. The molecule has 0 aliphatic rings. The van der Waals surface area contributed by atoms with Gasteiger partial charge in [0.05, 0.1) is 4.47 Å². The molecule has 0 unspecified atom stereocenters. The minimum absolute atomic E-state index is 0.304. The van der Waals surface area contributed by atoms with E-state index in [-0.39, 0.29) is 0 Å². The van der Waals surface area contributed by atoms with Crippen LogP contribution < -0.4 is 16.0 Å². The van der Waals surface area contributed by atoms with Crippen molar-refractivity contribution in [3.8, 4) is 11.6 Å². The van der Waals surface area contributed by atoms with Crippen LogP contribution in [0.3, 0.4) is 0 Å². The van der Waals surface area contributed by atoms with E-state index in [0.29, 0.717) is 36.5 Å².